The maximum Gasteiger partial charge on any atom is 0.414 e. The fourth-order valence-corrected chi connectivity index (χ4v) is 1.24. The lowest BCUT2D eigenvalue weighted by molar-refractivity contribution is 0.132. The molecule has 1 heterocycles. The molecule has 0 unspecified atom stereocenters. The first-order valence-corrected chi connectivity index (χ1v) is 4.27. The maximum absolute atomic E-state index is 12.6. The summed E-state index contributed by atoms with van der Waals surface area (Å²) in [4.78, 5) is 11.6. The van der Waals surface area contributed by atoms with E-state index in [0.717, 1.165) is 4.90 Å². The van der Waals surface area contributed by atoms with Gasteiger partial charge >= 0.3 is 6.09 Å². The lowest BCUT2D eigenvalue weighted by atomic mass is 10.2. The van der Waals surface area contributed by atoms with E-state index in [1.807, 2.05) is 0 Å². The number of carbonyl (C=O) groups is 1. The Balaban J connectivity index is 2.22. The van der Waals surface area contributed by atoms with Crippen molar-refractivity contribution in [3.63, 3.8) is 0 Å². The van der Waals surface area contributed by atoms with Gasteiger partial charge in [-0.3, -0.25) is 0 Å². The molecule has 0 saturated carbocycles. The average Bonchev–Trinajstić information content (AvgIpc) is 2.68. The van der Waals surface area contributed by atoms with Crippen LogP contribution in [0.15, 0.2) is 30.5 Å². The van der Waals surface area contributed by atoms with E-state index in [1.165, 1.54) is 30.5 Å². The molecule has 2 rings (SSSR count). The van der Waals surface area contributed by atoms with Crippen LogP contribution in [0.25, 0.3) is 5.76 Å². The summed E-state index contributed by atoms with van der Waals surface area (Å²) < 4.78 is 17.8. The molecule has 0 aromatic heterocycles. The first-order valence-electron chi connectivity index (χ1n) is 4.27. The summed E-state index contributed by atoms with van der Waals surface area (Å²) in [6.45, 7) is -0.0258. The molecular weight excluding hydrogens is 201 g/mol. The number of ether oxygens (including phenoxy) is 1. The number of benzene rings is 1. The lowest BCUT2D eigenvalue weighted by Gasteiger charge is -2.04. The Morgan fingerprint density at radius 3 is 2.60 bits per heavy atom. The average molecular weight is 209 g/mol. The monoisotopic (exact) mass is 209 g/mol. The molecule has 0 radical (unpaired) electrons. The van der Waals surface area contributed by atoms with E-state index >= 15 is 0 Å². The second-order valence-electron chi connectivity index (χ2n) is 3.03. The summed E-state index contributed by atoms with van der Waals surface area (Å²) in [7, 11) is 0. The van der Waals surface area contributed by atoms with Gasteiger partial charge in [-0.1, -0.05) is 0 Å². The molecule has 4 nitrogen and oxygen atoms in total. The molecule has 0 atom stereocenters. The van der Waals surface area contributed by atoms with Crippen molar-refractivity contribution in [2.75, 3.05) is 6.73 Å². The van der Waals surface area contributed by atoms with Crippen molar-refractivity contribution in [3.05, 3.63) is 41.8 Å². The van der Waals surface area contributed by atoms with Gasteiger partial charge in [0, 0.05) is 5.56 Å². The van der Waals surface area contributed by atoms with E-state index in [2.05, 4.69) is 0 Å². The topological polar surface area (TPSA) is 49.8 Å². The predicted octanol–water partition coefficient (Wildman–Crippen LogP) is 2.09. The smallest absolute Gasteiger partial charge is 0.414 e. The number of amides is 1. The van der Waals surface area contributed by atoms with Gasteiger partial charge in [0.1, 0.15) is 11.6 Å². The zero-order chi connectivity index (χ0) is 10.8. The minimum Gasteiger partial charge on any atom is -0.470 e. The van der Waals surface area contributed by atoms with Crippen LogP contribution < -0.4 is 0 Å². The molecule has 0 saturated heterocycles. The first kappa shape index (κ1) is 9.51. The van der Waals surface area contributed by atoms with E-state index in [0.29, 0.717) is 11.3 Å². The van der Waals surface area contributed by atoms with Crippen LogP contribution in [0, 0.1) is 5.82 Å². The Bertz CT molecular complexity index is 413. The van der Waals surface area contributed by atoms with Gasteiger partial charge in [-0.05, 0) is 24.3 Å². The number of rotatable bonds is 1. The van der Waals surface area contributed by atoms with E-state index in [9.17, 15) is 9.18 Å². The minimum absolute atomic E-state index is 0.0258. The van der Waals surface area contributed by atoms with Crippen LogP contribution in [0.3, 0.4) is 0 Å². The molecule has 0 spiro atoms. The van der Waals surface area contributed by atoms with Gasteiger partial charge in [0.15, 0.2) is 6.73 Å². The second kappa shape index (κ2) is 3.61. The van der Waals surface area contributed by atoms with Gasteiger partial charge in [0.25, 0.3) is 0 Å². The Morgan fingerprint density at radius 1 is 1.40 bits per heavy atom. The van der Waals surface area contributed by atoms with Crippen molar-refractivity contribution in [2.24, 2.45) is 0 Å². The van der Waals surface area contributed by atoms with Crippen LogP contribution in [0.2, 0.25) is 0 Å². The number of hydrogen-bond donors (Lipinski definition) is 1. The van der Waals surface area contributed by atoms with Gasteiger partial charge in [0.2, 0.25) is 0 Å². The van der Waals surface area contributed by atoms with E-state index in [1.54, 1.807) is 0 Å². The normalized spacial score (nSPS) is 14.7. The Labute approximate surface area is 85.2 Å². The summed E-state index contributed by atoms with van der Waals surface area (Å²) in [6, 6.07) is 5.66. The molecule has 1 aromatic carbocycles. The third kappa shape index (κ3) is 1.90. The van der Waals surface area contributed by atoms with Gasteiger partial charge in [-0.25, -0.2) is 14.1 Å². The molecule has 5 heteroatoms. The minimum atomic E-state index is -1.08. The fourth-order valence-electron chi connectivity index (χ4n) is 1.24. The molecule has 15 heavy (non-hydrogen) atoms. The molecule has 1 aliphatic heterocycles. The molecule has 1 aromatic rings. The van der Waals surface area contributed by atoms with Gasteiger partial charge in [-0.15, -0.1) is 0 Å². The standard InChI is InChI=1S/C10H8FNO3/c11-8-3-1-7(2-4-8)9-5-12(6-15-9)10(13)14/h1-5H,6H2,(H,13,14). The molecule has 78 valence electrons. The van der Waals surface area contributed by atoms with E-state index < -0.39 is 6.09 Å². The lowest BCUT2D eigenvalue weighted by Crippen LogP contribution is -2.21. The highest BCUT2D eigenvalue weighted by Crippen LogP contribution is 2.22. The molecule has 1 amide bonds. The number of carboxylic acid groups (broad SMARTS) is 1. The van der Waals surface area contributed by atoms with Gasteiger partial charge < -0.3 is 9.84 Å². The molecule has 0 aliphatic carbocycles. The van der Waals surface area contributed by atoms with Gasteiger partial charge in [-0.2, -0.15) is 0 Å². The Hall–Kier alpha value is -2.04. The van der Waals surface area contributed by atoms with Gasteiger partial charge in [0.05, 0.1) is 6.20 Å². The SMILES string of the molecule is O=C(O)N1C=C(c2ccc(F)cc2)OC1. The number of nitrogens with zero attached hydrogens (tertiary/aromatic N) is 1. The number of halogens is 1. The maximum atomic E-state index is 12.6. The van der Waals surface area contributed by atoms with Crippen LogP contribution in [-0.4, -0.2) is 22.8 Å². The highest BCUT2D eigenvalue weighted by Gasteiger charge is 2.19. The summed E-state index contributed by atoms with van der Waals surface area (Å²) >= 11 is 0. The number of hydrogen-bond acceptors (Lipinski definition) is 2. The predicted molar refractivity (Wildman–Crippen MR) is 50.2 cm³/mol. The Kier molecular flexibility index (Phi) is 2.29. The molecule has 1 aliphatic rings. The molecule has 0 fully saturated rings. The van der Waals surface area contributed by atoms with Crippen molar-refractivity contribution in [3.8, 4) is 0 Å². The van der Waals surface area contributed by atoms with Crippen LogP contribution in [0.4, 0.5) is 9.18 Å². The van der Waals surface area contributed by atoms with Crippen LogP contribution in [0.1, 0.15) is 5.56 Å². The summed E-state index contributed by atoms with van der Waals surface area (Å²) in [6.07, 6.45) is 0.294. The highest BCUT2D eigenvalue weighted by molar-refractivity contribution is 5.71. The molecular formula is C10H8FNO3. The van der Waals surface area contributed by atoms with Crippen molar-refractivity contribution in [2.45, 2.75) is 0 Å². The second-order valence-corrected chi connectivity index (χ2v) is 3.03. The fraction of sp³-hybridized carbons (Fsp3) is 0.100. The molecule has 0 bridgehead atoms. The summed E-state index contributed by atoms with van der Waals surface area (Å²) in [5.41, 5.74) is 0.653. The summed E-state index contributed by atoms with van der Waals surface area (Å²) in [5.74, 6) is 0.0878. The third-order valence-electron chi connectivity index (χ3n) is 2.01. The van der Waals surface area contributed by atoms with Crippen molar-refractivity contribution in [1.82, 2.24) is 4.90 Å². The van der Waals surface area contributed by atoms with Crippen LogP contribution >= 0.6 is 0 Å². The third-order valence-corrected chi connectivity index (χ3v) is 2.01. The molecule has 1 N–H and O–H groups in total. The highest BCUT2D eigenvalue weighted by atomic mass is 19.1. The van der Waals surface area contributed by atoms with Crippen LogP contribution in [0.5, 0.6) is 0 Å². The van der Waals surface area contributed by atoms with Crippen LogP contribution in [-0.2, 0) is 4.74 Å². The van der Waals surface area contributed by atoms with Crippen molar-refractivity contribution >= 4 is 11.9 Å². The largest absolute Gasteiger partial charge is 0.470 e. The van der Waals surface area contributed by atoms with Crippen molar-refractivity contribution in [1.29, 1.82) is 0 Å². The summed E-state index contributed by atoms with van der Waals surface area (Å²) in [5, 5.41) is 8.66. The first-order chi connectivity index (χ1) is 7.16. The zero-order valence-corrected chi connectivity index (χ0v) is 7.68. The van der Waals surface area contributed by atoms with E-state index in [4.69, 9.17) is 9.84 Å². The quantitative estimate of drug-likeness (QED) is 0.770. The van der Waals surface area contributed by atoms with E-state index in [-0.39, 0.29) is 12.5 Å². The zero-order valence-electron chi connectivity index (χ0n) is 7.68. The Morgan fingerprint density at radius 2 is 2.07 bits per heavy atom. The van der Waals surface area contributed by atoms with Crippen molar-refractivity contribution < 1.29 is 19.0 Å².